The molecule has 0 aromatic heterocycles. The Morgan fingerprint density at radius 2 is 1.86 bits per heavy atom. The minimum atomic E-state index is -4.04. The number of alkyl halides is 3. The molecule has 0 bridgehead atoms. The molecule has 3 N–H and O–H groups in total. The van der Waals surface area contributed by atoms with Gasteiger partial charge in [0.25, 0.3) is 0 Å². The highest BCUT2D eigenvalue weighted by Crippen LogP contribution is 2.20. The van der Waals surface area contributed by atoms with E-state index in [0.29, 0.717) is 32.8 Å². The molecular formula is C8H17F3N2O. The summed E-state index contributed by atoms with van der Waals surface area (Å²) in [5, 5.41) is 2.85. The Morgan fingerprint density at radius 1 is 1.14 bits per heavy atom. The van der Waals surface area contributed by atoms with E-state index in [0.717, 1.165) is 0 Å². The zero-order chi connectivity index (χ0) is 10.9. The van der Waals surface area contributed by atoms with Crippen LogP contribution in [0.3, 0.4) is 0 Å². The smallest absolute Gasteiger partial charge is 0.379 e. The van der Waals surface area contributed by atoms with Crippen molar-refractivity contribution in [3.05, 3.63) is 0 Å². The average Bonchev–Trinajstić information content (AvgIpc) is 2.08. The van der Waals surface area contributed by atoms with Gasteiger partial charge in [-0.15, -0.1) is 0 Å². The number of rotatable bonds is 8. The van der Waals surface area contributed by atoms with Crippen molar-refractivity contribution in [1.82, 2.24) is 5.32 Å². The number of hydrogen-bond acceptors (Lipinski definition) is 3. The Kier molecular flexibility index (Phi) is 7.83. The van der Waals surface area contributed by atoms with E-state index in [1.54, 1.807) is 0 Å². The number of nitrogens with two attached hydrogens (primary N) is 1. The third-order valence-corrected chi connectivity index (χ3v) is 1.50. The SMILES string of the molecule is NCCOCCNCCCC(F)(F)F. The van der Waals surface area contributed by atoms with E-state index in [9.17, 15) is 13.2 Å². The fourth-order valence-corrected chi connectivity index (χ4v) is 0.869. The monoisotopic (exact) mass is 214 g/mol. The molecule has 0 saturated carbocycles. The van der Waals surface area contributed by atoms with Crippen LogP contribution in [-0.4, -0.2) is 39.0 Å². The molecule has 3 nitrogen and oxygen atoms in total. The molecule has 0 aliphatic heterocycles. The van der Waals surface area contributed by atoms with Crippen LogP contribution in [0.5, 0.6) is 0 Å². The Balaban J connectivity index is 2.99. The van der Waals surface area contributed by atoms with Crippen LogP contribution in [0.1, 0.15) is 12.8 Å². The summed E-state index contributed by atoms with van der Waals surface area (Å²) < 4.78 is 40.0. The van der Waals surface area contributed by atoms with Crippen LogP contribution in [0.25, 0.3) is 0 Å². The first-order valence-corrected chi connectivity index (χ1v) is 4.61. The van der Waals surface area contributed by atoms with Gasteiger partial charge in [0.2, 0.25) is 0 Å². The molecule has 0 aromatic carbocycles. The van der Waals surface area contributed by atoms with Crippen molar-refractivity contribution in [2.75, 3.05) is 32.8 Å². The molecule has 0 heterocycles. The second kappa shape index (κ2) is 8.02. The van der Waals surface area contributed by atoms with Crippen LogP contribution >= 0.6 is 0 Å². The molecule has 0 amide bonds. The molecule has 0 saturated heterocycles. The van der Waals surface area contributed by atoms with Crippen LogP contribution in [0.2, 0.25) is 0 Å². The van der Waals surface area contributed by atoms with E-state index >= 15 is 0 Å². The highest BCUT2D eigenvalue weighted by atomic mass is 19.4. The predicted molar refractivity (Wildman–Crippen MR) is 48.0 cm³/mol. The Labute approximate surface area is 81.8 Å². The topological polar surface area (TPSA) is 47.3 Å². The maximum Gasteiger partial charge on any atom is 0.389 e. The van der Waals surface area contributed by atoms with Crippen LogP contribution in [-0.2, 0) is 4.74 Å². The van der Waals surface area contributed by atoms with E-state index in [1.165, 1.54) is 0 Å². The summed E-state index contributed by atoms with van der Waals surface area (Å²) in [6, 6.07) is 0. The van der Waals surface area contributed by atoms with E-state index in [-0.39, 0.29) is 6.42 Å². The van der Waals surface area contributed by atoms with Gasteiger partial charge in [0.1, 0.15) is 0 Å². The van der Waals surface area contributed by atoms with Crippen molar-refractivity contribution in [1.29, 1.82) is 0 Å². The predicted octanol–water partition coefficient (Wildman–Crippen LogP) is 0.894. The van der Waals surface area contributed by atoms with Gasteiger partial charge in [-0.2, -0.15) is 13.2 Å². The number of nitrogens with one attached hydrogen (secondary N) is 1. The van der Waals surface area contributed by atoms with Gasteiger partial charge in [0.15, 0.2) is 0 Å². The molecule has 0 fully saturated rings. The Hall–Kier alpha value is -0.330. The van der Waals surface area contributed by atoms with E-state index in [2.05, 4.69) is 5.32 Å². The molecule has 86 valence electrons. The first-order valence-electron chi connectivity index (χ1n) is 4.61. The van der Waals surface area contributed by atoms with Crippen molar-refractivity contribution in [3.8, 4) is 0 Å². The second-order valence-electron chi connectivity index (χ2n) is 2.87. The van der Waals surface area contributed by atoms with E-state index < -0.39 is 12.6 Å². The number of hydrogen-bond donors (Lipinski definition) is 2. The normalized spacial score (nSPS) is 12.0. The zero-order valence-corrected chi connectivity index (χ0v) is 8.07. The van der Waals surface area contributed by atoms with Crippen LogP contribution in [0, 0.1) is 0 Å². The van der Waals surface area contributed by atoms with Crippen molar-refractivity contribution < 1.29 is 17.9 Å². The lowest BCUT2D eigenvalue weighted by Crippen LogP contribution is -2.23. The zero-order valence-electron chi connectivity index (χ0n) is 8.07. The van der Waals surface area contributed by atoms with Gasteiger partial charge in [-0.25, -0.2) is 0 Å². The molecular weight excluding hydrogens is 197 g/mol. The fourth-order valence-electron chi connectivity index (χ4n) is 0.869. The van der Waals surface area contributed by atoms with Gasteiger partial charge in [-0.1, -0.05) is 0 Å². The Morgan fingerprint density at radius 3 is 2.43 bits per heavy atom. The van der Waals surface area contributed by atoms with Gasteiger partial charge < -0.3 is 15.8 Å². The van der Waals surface area contributed by atoms with Crippen molar-refractivity contribution >= 4 is 0 Å². The summed E-state index contributed by atoms with van der Waals surface area (Å²) in [6.45, 7) is 2.38. The molecule has 0 aliphatic carbocycles. The standard InChI is InChI=1S/C8H17F3N2O/c9-8(10,11)2-1-4-13-5-7-14-6-3-12/h13H,1-7,12H2. The molecule has 6 heteroatoms. The van der Waals surface area contributed by atoms with Crippen molar-refractivity contribution in [3.63, 3.8) is 0 Å². The third-order valence-electron chi connectivity index (χ3n) is 1.50. The Bertz CT molecular complexity index is 130. The minimum absolute atomic E-state index is 0.111. The van der Waals surface area contributed by atoms with Crippen LogP contribution in [0.4, 0.5) is 13.2 Å². The van der Waals surface area contributed by atoms with Crippen LogP contribution < -0.4 is 11.1 Å². The number of halogens is 3. The van der Waals surface area contributed by atoms with E-state index in [4.69, 9.17) is 10.5 Å². The summed E-state index contributed by atoms with van der Waals surface area (Å²) in [7, 11) is 0. The first-order chi connectivity index (χ1) is 6.56. The lowest BCUT2D eigenvalue weighted by Gasteiger charge is -2.07. The summed E-state index contributed by atoms with van der Waals surface area (Å²) in [5.74, 6) is 0. The lowest BCUT2D eigenvalue weighted by molar-refractivity contribution is -0.135. The fraction of sp³-hybridized carbons (Fsp3) is 1.00. The minimum Gasteiger partial charge on any atom is -0.379 e. The highest BCUT2D eigenvalue weighted by Gasteiger charge is 2.25. The third kappa shape index (κ3) is 11.7. The average molecular weight is 214 g/mol. The van der Waals surface area contributed by atoms with Crippen molar-refractivity contribution in [2.45, 2.75) is 19.0 Å². The molecule has 0 atom stereocenters. The summed E-state index contributed by atoms with van der Waals surface area (Å²) in [5.41, 5.74) is 5.17. The molecule has 0 aliphatic rings. The molecule has 0 unspecified atom stereocenters. The molecule has 14 heavy (non-hydrogen) atoms. The van der Waals surface area contributed by atoms with Crippen molar-refractivity contribution in [2.24, 2.45) is 5.73 Å². The highest BCUT2D eigenvalue weighted by molar-refractivity contribution is 4.53. The quantitative estimate of drug-likeness (QED) is 0.590. The van der Waals surface area contributed by atoms with Gasteiger partial charge in [0, 0.05) is 19.5 Å². The molecule has 0 rings (SSSR count). The molecule has 0 radical (unpaired) electrons. The van der Waals surface area contributed by atoms with Gasteiger partial charge in [-0.05, 0) is 13.0 Å². The summed E-state index contributed by atoms with van der Waals surface area (Å²) in [4.78, 5) is 0. The summed E-state index contributed by atoms with van der Waals surface area (Å²) >= 11 is 0. The molecule has 0 spiro atoms. The molecule has 0 aromatic rings. The van der Waals surface area contributed by atoms with E-state index in [1.807, 2.05) is 0 Å². The first kappa shape index (κ1) is 13.7. The van der Waals surface area contributed by atoms with Gasteiger partial charge in [0.05, 0.1) is 13.2 Å². The maximum absolute atomic E-state index is 11.7. The van der Waals surface area contributed by atoms with Gasteiger partial charge in [-0.3, -0.25) is 0 Å². The van der Waals surface area contributed by atoms with Crippen LogP contribution in [0.15, 0.2) is 0 Å². The summed E-state index contributed by atoms with van der Waals surface area (Å²) in [6.07, 6.45) is -4.66. The maximum atomic E-state index is 11.7. The largest absolute Gasteiger partial charge is 0.389 e. The van der Waals surface area contributed by atoms with Gasteiger partial charge >= 0.3 is 6.18 Å². The number of ether oxygens (including phenoxy) is 1. The second-order valence-corrected chi connectivity index (χ2v) is 2.87. The lowest BCUT2D eigenvalue weighted by atomic mass is 10.3.